The number of hydrogen-bond acceptors (Lipinski definition) is 1. The fourth-order valence-corrected chi connectivity index (χ4v) is 2.83. The van der Waals surface area contributed by atoms with Crippen LogP contribution in [0, 0.1) is 17.8 Å². The molecule has 4 nitrogen and oxygen atoms in total. The lowest BCUT2D eigenvalue weighted by Gasteiger charge is -2.32. The largest absolute Gasteiger partial charge is 0.287 e. The van der Waals surface area contributed by atoms with Gasteiger partial charge in [0.2, 0.25) is 5.91 Å². The van der Waals surface area contributed by atoms with Gasteiger partial charge in [-0.2, -0.15) is 0 Å². The first-order chi connectivity index (χ1) is 9.06. The third-order valence-corrected chi connectivity index (χ3v) is 4.09. The Morgan fingerprint density at radius 1 is 1.42 bits per heavy atom. The minimum absolute atomic E-state index is 0.470. The van der Waals surface area contributed by atoms with E-state index in [0.717, 1.165) is 11.8 Å². The molecule has 3 unspecified atom stereocenters. The summed E-state index contributed by atoms with van der Waals surface area (Å²) >= 11 is 0. The molecule has 0 aromatic rings. The Morgan fingerprint density at radius 2 is 2.11 bits per heavy atom. The second-order valence-electron chi connectivity index (χ2n) is 5.51. The summed E-state index contributed by atoms with van der Waals surface area (Å²) in [6, 6.07) is 0. The minimum atomic E-state index is -0.508. The van der Waals surface area contributed by atoms with Crippen molar-refractivity contribution in [1.82, 2.24) is 0 Å². The van der Waals surface area contributed by atoms with E-state index in [1.54, 1.807) is 13.0 Å². The average Bonchev–Trinajstić information content (AvgIpc) is 2.39. The van der Waals surface area contributed by atoms with Gasteiger partial charge in [-0.1, -0.05) is 51.3 Å². The van der Waals surface area contributed by atoms with Crippen LogP contribution in [0.1, 0.15) is 46.5 Å². The summed E-state index contributed by atoms with van der Waals surface area (Å²) in [5.74, 6) is 1.54. The normalized spacial score (nSPS) is 25.9. The molecular formula is C15H23N3O. The molecule has 0 aromatic heterocycles. The van der Waals surface area contributed by atoms with Gasteiger partial charge in [-0.25, -0.2) is 0 Å². The first kappa shape index (κ1) is 15.5. The van der Waals surface area contributed by atoms with Crippen LogP contribution >= 0.6 is 0 Å². The topological polar surface area (TPSA) is 65.8 Å². The lowest BCUT2D eigenvalue weighted by atomic mass is 9.74. The van der Waals surface area contributed by atoms with Gasteiger partial charge < -0.3 is 0 Å². The summed E-state index contributed by atoms with van der Waals surface area (Å²) in [6.45, 7) is 6.23. The minimum Gasteiger partial charge on any atom is -0.287 e. The fraction of sp³-hybridized carbons (Fsp3) is 0.667. The maximum atomic E-state index is 11.2. The number of amides is 1. The van der Waals surface area contributed by atoms with Crippen LogP contribution in [0.2, 0.25) is 0 Å². The Hall–Kier alpha value is -1.54. The lowest BCUT2D eigenvalue weighted by molar-refractivity contribution is -0.114. The van der Waals surface area contributed by atoms with Crippen molar-refractivity contribution in [3.8, 4) is 0 Å². The van der Waals surface area contributed by atoms with Crippen LogP contribution in [0.3, 0.4) is 0 Å². The molecule has 3 atom stereocenters. The first-order valence-electron chi connectivity index (χ1n) is 7.00. The van der Waals surface area contributed by atoms with Gasteiger partial charge in [-0.15, -0.1) is 0 Å². The van der Waals surface area contributed by atoms with Crippen molar-refractivity contribution < 1.29 is 4.79 Å². The predicted molar refractivity (Wildman–Crippen MR) is 77.3 cm³/mol. The molecule has 0 aromatic carbocycles. The van der Waals surface area contributed by atoms with Crippen LogP contribution < -0.4 is 0 Å². The summed E-state index contributed by atoms with van der Waals surface area (Å²) in [6.07, 6.45) is 11.1. The maximum absolute atomic E-state index is 11.2. The molecule has 19 heavy (non-hydrogen) atoms. The smallest absolute Gasteiger partial charge is 0.244 e. The number of nitrogens with zero attached hydrogens (tertiary/aromatic N) is 3. The van der Waals surface area contributed by atoms with Crippen LogP contribution in [0.15, 0.2) is 28.9 Å². The zero-order chi connectivity index (χ0) is 14.3. The van der Waals surface area contributed by atoms with Gasteiger partial charge in [0.05, 0.1) is 0 Å². The van der Waals surface area contributed by atoms with Crippen LogP contribution in [-0.4, -0.2) is 5.91 Å². The molecule has 0 radical (unpaired) electrons. The highest BCUT2D eigenvalue weighted by Gasteiger charge is 2.24. The van der Waals surface area contributed by atoms with Gasteiger partial charge in [0.1, 0.15) is 0 Å². The third kappa shape index (κ3) is 4.92. The molecule has 0 spiro atoms. The molecule has 104 valence electrons. The molecule has 0 bridgehead atoms. The van der Waals surface area contributed by atoms with Crippen molar-refractivity contribution in [2.45, 2.75) is 46.5 Å². The van der Waals surface area contributed by atoms with Crippen molar-refractivity contribution in [3.05, 3.63) is 34.2 Å². The Labute approximate surface area is 115 Å². The van der Waals surface area contributed by atoms with E-state index in [1.165, 1.54) is 25.7 Å². The summed E-state index contributed by atoms with van der Waals surface area (Å²) < 4.78 is 0. The first-order valence-corrected chi connectivity index (χ1v) is 7.00. The molecule has 1 saturated carbocycles. The van der Waals surface area contributed by atoms with Crippen LogP contribution in [0.4, 0.5) is 0 Å². The molecule has 0 saturated heterocycles. The monoisotopic (exact) mass is 261 g/mol. The summed E-state index contributed by atoms with van der Waals surface area (Å²) in [5, 5.41) is 3.06. The Balaban J connectivity index is 2.58. The third-order valence-electron chi connectivity index (χ3n) is 4.09. The van der Waals surface area contributed by atoms with Crippen molar-refractivity contribution in [2.24, 2.45) is 22.9 Å². The number of allylic oxidation sites excluding steroid dienone is 3. The second-order valence-corrected chi connectivity index (χ2v) is 5.51. The van der Waals surface area contributed by atoms with E-state index in [0.29, 0.717) is 11.5 Å². The van der Waals surface area contributed by atoms with E-state index in [9.17, 15) is 4.79 Å². The van der Waals surface area contributed by atoms with Gasteiger partial charge in [0.15, 0.2) is 0 Å². The van der Waals surface area contributed by atoms with E-state index >= 15 is 0 Å². The SMILES string of the molecule is C/C(=C\C=C/C(C)C1CCCCC1C)C(=O)N=[N+]=[N-]. The second kappa shape index (κ2) is 7.80. The Morgan fingerprint density at radius 3 is 2.74 bits per heavy atom. The van der Waals surface area contributed by atoms with E-state index in [-0.39, 0.29) is 0 Å². The van der Waals surface area contributed by atoms with Crippen molar-refractivity contribution >= 4 is 5.91 Å². The molecule has 1 aliphatic rings. The van der Waals surface area contributed by atoms with Crippen LogP contribution in [0.25, 0.3) is 10.4 Å². The van der Waals surface area contributed by atoms with Crippen molar-refractivity contribution in [3.63, 3.8) is 0 Å². The molecule has 0 aliphatic heterocycles. The number of carbonyl (C=O) groups excluding carboxylic acids is 1. The molecule has 0 heterocycles. The maximum Gasteiger partial charge on any atom is 0.244 e. The number of hydrogen-bond donors (Lipinski definition) is 0. The highest BCUT2D eigenvalue weighted by molar-refractivity contribution is 5.93. The summed E-state index contributed by atoms with van der Waals surface area (Å²) in [5.41, 5.74) is 8.66. The Kier molecular flexibility index (Phi) is 6.37. The quantitative estimate of drug-likeness (QED) is 0.236. The highest BCUT2D eigenvalue weighted by Crippen LogP contribution is 2.35. The molecule has 1 fully saturated rings. The van der Waals surface area contributed by atoms with E-state index in [1.807, 2.05) is 6.08 Å². The van der Waals surface area contributed by atoms with Gasteiger partial charge in [-0.3, -0.25) is 4.79 Å². The van der Waals surface area contributed by atoms with E-state index in [4.69, 9.17) is 5.53 Å². The molecular weight excluding hydrogens is 238 g/mol. The van der Waals surface area contributed by atoms with Gasteiger partial charge >= 0.3 is 0 Å². The van der Waals surface area contributed by atoms with Gasteiger partial charge in [0.25, 0.3) is 0 Å². The number of azide groups is 1. The van der Waals surface area contributed by atoms with Crippen LogP contribution in [-0.2, 0) is 4.79 Å². The average molecular weight is 261 g/mol. The number of rotatable bonds is 4. The summed E-state index contributed by atoms with van der Waals surface area (Å²) in [4.78, 5) is 13.7. The number of carbonyl (C=O) groups is 1. The zero-order valence-electron chi connectivity index (χ0n) is 12.0. The molecule has 0 N–H and O–H groups in total. The molecule has 1 aliphatic carbocycles. The molecule has 1 rings (SSSR count). The summed E-state index contributed by atoms with van der Waals surface area (Å²) in [7, 11) is 0. The lowest BCUT2D eigenvalue weighted by Crippen LogP contribution is -2.22. The van der Waals surface area contributed by atoms with E-state index < -0.39 is 5.91 Å². The fourth-order valence-electron chi connectivity index (χ4n) is 2.83. The highest BCUT2D eigenvalue weighted by atomic mass is 16.1. The van der Waals surface area contributed by atoms with Crippen molar-refractivity contribution in [1.29, 1.82) is 0 Å². The Bertz CT molecular complexity index is 419. The van der Waals surface area contributed by atoms with Gasteiger partial charge in [-0.05, 0) is 47.3 Å². The predicted octanol–water partition coefficient (Wildman–Crippen LogP) is 4.79. The van der Waals surface area contributed by atoms with Gasteiger partial charge in [0, 0.05) is 4.91 Å². The van der Waals surface area contributed by atoms with Crippen LogP contribution in [0.5, 0.6) is 0 Å². The standard InChI is InChI=1S/C15H23N3O/c1-11-7-4-5-10-14(11)12(2)8-6-9-13(3)15(19)17-18-16/h6,8-9,11-12,14H,4-5,7,10H2,1-3H3/b8-6-,13-9+. The molecule has 4 heteroatoms. The van der Waals surface area contributed by atoms with Crippen molar-refractivity contribution in [2.75, 3.05) is 0 Å². The van der Waals surface area contributed by atoms with E-state index in [2.05, 4.69) is 29.9 Å². The zero-order valence-corrected chi connectivity index (χ0v) is 12.0. The molecule has 1 amide bonds.